The molecule has 7 nitrogen and oxygen atoms in total. The van der Waals surface area contributed by atoms with Crippen molar-refractivity contribution in [2.75, 3.05) is 20.2 Å². The summed E-state index contributed by atoms with van der Waals surface area (Å²) in [4.78, 5) is 15.9. The number of benzene rings is 2. The topological polar surface area (TPSA) is 88.7 Å². The highest BCUT2D eigenvalue weighted by atomic mass is 32.2. The molecule has 0 unspecified atom stereocenters. The first-order chi connectivity index (χ1) is 14.5. The number of hydrogen-bond acceptors (Lipinski definition) is 5. The fourth-order valence-corrected chi connectivity index (χ4v) is 4.44. The number of para-hydroxylation sites is 1. The number of rotatable bonds is 6. The van der Waals surface area contributed by atoms with Crippen LogP contribution in [0.25, 0.3) is 10.9 Å². The van der Waals surface area contributed by atoms with Gasteiger partial charge in [-0.3, -0.25) is 0 Å². The fourth-order valence-electron chi connectivity index (χ4n) is 2.95. The quantitative estimate of drug-likeness (QED) is 0.604. The molecule has 0 aliphatic carbocycles. The molecule has 0 spiro atoms. The van der Waals surface area contributed by atoms with Gasteiger partial charge in [-0.25, -0.2) is 17.6 Å². The Bertz CT molecular complexity index is 1200. The number of fused-ring (bicyclic) bond motifs is 1. The predicted molar refractivity (Wildman–Crippen MR) is 115 cm³/mol. The Hall–Kier alpha value is -3.07. The lowest BCUT2D eigenvalue weighted by atomic mass is 10.2. The number of ether oxygens (including phenoxy) is 2. The van der Waals surface area contributed by atoms with Gasteiger partial charge in [-0.05, 0) is 39.0 Å². The number of aromatic nitrogens is 1. The molecule has 1 N–H and O–H groups in total. The maximum atomic E-state index is 14.1. The first kappa shape index (κ1) is 22.6. The second-order valence-corrected chi connectivity index (χ2v) is 9.90. The van der Waals surface area contributed by atoms with Crippen LogP contribution in [0.2, 0.25) is 0 Å². The summed E-state index contributed by atoms with van der Waals surface area (Å²) >= 11 is 0. The van der Waals surface area contributed by atoms with Gasteiger partial charge in [0.25, 0.3) is 0 Å². The van der Waals surface area contributed by atoms with Crippen molar-refractivity contribution in [3.05, 3.63) is 54.5 Å². The molecule has 0 atom stereocenters. The molecule has 0 aliphatic rings. The normalized spacial score (nSPS) is 12.0. The molecule has 0 fully saturated rings. The molecule has 1 amide bonds. The van der Waals surface area contributed by atoms with Gasteiger partial charge in [0, 0.05) is 18.6 Å². The number of carbonyl (C=O) groups is 1. The molecule has 3 aromatic rings. The third-order valence-electron chi connectivity index (χ3n) is 4.44. The first-order valence-electron chi connectivity index (χ1n) is 9.67. The first-order valence-corrected chi connectivity index (χ1v) is 11.2. The van der Waals surface area contributed by atoms with Crippen molar-refractivity contribution in [1.82, 2.24) is 9.88 Å². The molecule has 166 valence electrons. The molecule has 9 heteroatoms. The number of nitrogens with zero attached hydrogens (tertiary/aromatic N) is 1. The van der Waals surface area contributed by atoms with Gasteiger partial charge in [-0.1, -0.05) is 24.3 Å². The van der Waals surface area contributed by atoms with Crippen LogP contribution in [-0.2, 0) is 14.6 Å². The largest absolute Gasteiger partial charge is 0.490 e. The van der Waals surface area contributed by atoms with E-state index in [0.29, 0.717) is 16.7 Å². The summed E-state index contributed by atoms with van der Waals surface area (Å²) in [6.07, 6.45) is 0.860. The summed E-state index contributed by atoms with van der Waals surface area (Å²) < 4.78 is 51.1. The lowest BCUT2D eigenvalue weighted by Crippen LogP contribution is -2.36. The molecular formula is C22H25FN2O5S. The Morgan fingerprint density at radius 1 is 1.10 bits per heavy atom. The van der Waals surface area contributed by atoms with E-state index in [1.807, 2.05) is 0 Å². The highest BCUT2D eigenvalue weighted by molar-refractivity contribution is 7.91. The van der Waals surface area contributed by atoms with Crippen LogP contribution < -0.4 is 4.74 Å². The minimum Gasteiger partial charge on any atom is -0.490 e. The van der Waals surface area contributed by atoms with E-state index >= 15 is 0 Å². The summed E-state index contributed by atoms with van der Waals surface area (Å²) in [7, 11) is -2.46. The number of aromatic amines is 1. The zero-order chi connectivity index (χ0) is 22.8. The zero-order valence-electron chi connectivity index (χ0n) is 17.8. The molecule has 1 aromatic heterocycles. The van der Waals surface area contributed by atoms with Crippen molar-refractivity contribution < 1.29 is 27.1 Å². The minimum absolute atomic E-state index is 0.0380. The summed E-state index contributed by atoms with van der Waals surface area (Å²) in [6, 6.07) is 10.2. The molecule has 3 rings (SSSR count). The van der Waals surface area contributed by atoms with Crippen LogP contribution in [0.3, 0.4) is 0 Å². The standard InChI is InChI=1S/C22H25FN2O5S/c1-22(2,3)30-21(26)25(4)12-13-29-17-10-7-8-15-19(14-24-20(15)17)31(27,28)18-11-6-5-9-16(18)23/h5-11,14,24H,12-13H2,1-4H3. The van der Waals surface area contributed by atoms with Crippen LogP contribution in [-0.4, -0.2) is 50.2 Å². The molecule has 0 aliphatic heterocycles. The van der Waals surface area contributed by atoms with E-state index in [1.165, 1.54) is 29.3 Å². The van der Waals surface area contributed by atoms with Gasteiger partial charge in [0.15, 0.2) is 0 Å². The van der Waals surface area contributed by atoms with Crippen LogP contribution in [0.5, 0.6) is 5.75 Å². The number of likely N-dealkylation sites (N-methyl/N-ethyl adjacent to an activating group) is 1. The molecule has 31 heavy (non-hydrogen) atoms. The van der Waals surface area contributed by atoms with Gasteiger partial charge in [0.2, 0.25) is 9.84 Å². The van der Waals surface area contributed by atoms with E-state index in [9.17, 15) is 17.6 Å². The number of nitrogens with one attached hydrogen (secondary N) is 1. The average molecular weight is 449 g/mol. The maximum absolute atomic E-state index is 14.1. The van der Waals surface area contributed by atoms with Crippen molar-refractivity contribution in [3.63, 3.8) is 0 Å². The average Bonchev–Trinajstić information content (AvgIpc) is 3.12. The fraction of sp³-hybridized carbons (Fsp3) is 0.318. The number of hydrogen-bond donors (Lipinski definition) is 1. The monoisotopic (exact) mass is 448 g/mol. The SMILES string of the molecule is CN(CCOc1cccc2c(S(=O)(=O)c3ccccc3F)c[nH]c12)C(=O)OC(C)(C)C. The molecule has 2 aromatic carbocycles. The van der Waals surface area contributed by atoms with Gasteiger partial charge in [0.1, 0.15) is 28.7 Å². The van der Waals surface area contributed by atoms with Crippen LogP contribution in [0.15, 0.2) is 58.5 Å². The van der Waals surface area contributed by atoms with Gasteiger partial charge >= 0.3 is 6.09 Å². The van der Waals surface area contributed by atoms with Crippen LogP contribution in [0.4, 0.5) is 9.18 Å². The van der Waals surface area contributed by atoms with Crippen molar-refractivity contribution in [3.8, 4) is 5.75 Å². The van der Waals surface area contributed by atoms with Crippen molar-refractivity contribution in [1.29, 1.82) is 0 Å². The van der Waals surface area contributed by atoms with Crippen molar-refractivity contribution in [2.45, 2.75) is 36.2 Å². The lowest BCUT2D eigenvalue weighted by molar-refractivity contribution is 0.0278. The van der Waals surface area contributed by atoms with E-state index in [0.717, 1.165) is 6.07 Å². The van der Waals surface area contributed by atoms with E-state index in [4.69, 9.17) is 9.47 Å². The summed E-state index contributed by atoms with van der Waals surface area (Å²) in [5.74, 6) is -0.389. The number of carbonyl (C=O) groups excluding carboxylic acids is 1. The van der Waals surface area contributed by atoms with Gasteiger partial charge in [-0.2, -0.15) is 0 Å². The van der Waals surface area contributed by atoms with Gasteiger partial charge in [-0.15, -0.1) is 0 Å². The smallest absolute Gasteiger partial charge is 0.410 e. The lowest BCUT2D eigenvalue weighted by Gasteiger charge is -2.24. The van der Waals surface area contributed by atoms with Crippen molar-refractivity contribution in [2.24, 2.45) is 0 Å². The minimum atomic E-state index is -4.06. The van der Waals surface area contributed by atoms with Crippen LogP contribution in [0, 0.1) is 5.82 Å². The number of halogens is 1. The summed E-state index contributed by atoms with van der Waals surface area (Å²) in [5.41, 5.74) is -0.125. The zero-order valence-corrected chi connectivity index (χ0v) is 18.6. The maximum Gasteiger partial charge on any atom is 0.410 e. The molecule has 0 saturated heterocycles. The van der Waals surface area contributed by atoms with Crippen LogP contribution >= 0.6 is 0 Å². The highest BCUT2D eigenvalue weighted by Gasteiger charge is 2.25. The Balaban J connectivity index is 1.79. The summed E-state index contributed by atoms with van der Waals surface area (Å²) in [6.45, 7) is 5.80. The molecule has 1 heterocycles. The summed E-state index contributed by atoms with van der Waals surface area (Å²) in [5, 5.41) is 0.390. The Morgan fingerprint density at radius 3 is 2.48 bits per heavy atom. The third-order valence-corrected chi connectivity index (χ3v) is 6.27. The second kappa shape index (κ2) is 8.58. The Morgan fingerprint density at radius 2 is 1.81 bits per heavy atom. The van der Waals surface area contributed by atoms with E-state index < -0.39 is 27.3 Å². The highest BCUT2D eigenvalue weighted by Crippen LogP contribution is 2.33. The number of H-pyrrole nitrogens is 1. The van der Waals surface area contributed by atoms with Crippen LogP contribution in [0.1, 0.15) is 20.8 Å². The molecule has 0 saturated carbocycles. The van der Waals surface area contributed by atoms with Crippen molar-refractivity contribution >= 4 is 26.8 Å². The Labute approximate surface area is 180 Å². The van der Waals surface area contributed by atoms with Gasteiger partial charge in [0.05, 0.1) is 17.0 Å². The predicted octanol–water partition coefficient (Wildman–Crippen LogP) is 4.39. The van der Waals surface area contributed by atoms with E-state index in [-0.39, 0.29) is 22.9 Å². The van der Waals surface area contributed by atoms with E-state index in [2.05, 4.69) is 4.98 Å². The van der Waals surface area contributed by atoms with Gasteiger partial charge < -0.3 is 19.4 Å². The molecular weight excluding hydrogens is 423 g/mol. The number of amides is 1. The molecule has 0 bridgehead atoms. The second-order valence-electron chi connectivity index (χ2n) is 8.02. The third kappa shape index (κ3) is 4.99. The number of sulfone groups is 1. The Kier molecular flexibility index (Phi) is 6.26. The van der Waals surface area contributed by atoms with E-state index in [1.54, 1.807) is 46.0 Å². The molecule has 0 radical (unpaired) electrons.